The Kier molecular flexibility index (Phi) is 4.73. The topological polar surface area (TPSA) is 77.3 Å². The van der Waals surface area contributed by atoms with Gasteiger partial charge < -0.3 is 9.47 Å². The molecule has 0 N–H and O–H groups in total. The van der Waals surface area contributed by atoms with E-state index >= 15 is 9.59 Å². The smallest absolute Gasteiger partial charge is 0.336 e. The monoisotopic (exact) mass is 1250 g/mol. The second kappa shape index (κ2) is 11.0. The molecule has 2 saturated carbocycles. The van der Waals surface area contributed by atoms with Gasteiger partial charge in [-0.1, -0.05) is 121 Å². The minimum absolute atomic E-state index is 0.214. The van der Waals surface area contributed by atoms with Crippen LogP contribution in [0.3, 0.4) is 0 Å². The average Bonchev–Trinajstić information content (AvgIpc) is 1.34. The van der Waals surface area contributed by atoms with Gasteiger partial charge in [0.15, 0.2) is 11.1 Å². The van der Waals surface area contributed by atoms with Crippen molar-refractivity contribution in [1.82, 2.24) is 0 Å². The first-order chi connectivity index (χ1) is 49.6. The maximum Gasteiger partial charge on any atom is 0.336 e. The van der Waals surface area contributed by atoms with E-state index in [0.29, 0.717) is 0 Å². The third kappa shape index (κ3) is 2.66. The second-order valence-electron chi connectivity index (χ2n) is 33.2. The predicted octanol–water partition coefficient (Wildman–Crippen LogP) is 20.6. The summed E-state index contributed by atoms with van der Waals surface area (Å²) >= 11 is 0. The molecule has 10 aliphatic rings. The summed E-state index contributed by atoms with van der Waals surface area (Å²) in [6.07, 6.45) is 0. The van der Waals surface area contributed by atoms with E-state index in [1.54, 1.807) is 0 Å². The van der Waals surface area contributed by atoms with E-state index in [0.717, 1.165) is 33.7 Å². The fourth-order valence-corrected chi connectivity index (χ4v) is 31.4. The van der Waals surface area contributed by atoms with Crippen molar-refractivity contribution in [2.45, 2.75) is 46.6 Å². The minimum atomic E-state index is -1.54. The van der Waals surface area contributed by atoms with Gasteiger partial charge in [-0.25, -0.2) is 9.59 Å². The maximum atomic E-state index is 18.0. The van der Waals surface area contributed by atoms with E-state index in [-0.39, 0.29) is 25.2 Å². The standard InChI is InChI=1S/C94H30N2O4/c1-3-99-87(97)93(95-85(25-17-9-5-10-18-25)26-19-11-6-12-20-26)89-77-61-50-39-32-33-37-30-29-34-31-35(30)46-55-44(37)51-40(33)42-41(39)52-49-53(42)64-62(51)78-66(55)68-57(46)48-38(31)47-56-45(34)54(43(50)36(29)32)65(77)67(56)79-69-58(47)59(48)70-74-73(69)83(91(79,89)93)75-71(81(89)63(52)61)60(49)72-76(75)84(74)92(80(68)70)90(78,82(64)72)94(92,88(98)100-4-2)96-86(27-21-13-7-14-22-27)28-23-15-8-16-24-28/h5-24H,3-4H2,1-2H3/t89?,90?,91?,92?,93-,94+. The maximum absolute atomic E-state index is 18.0. The molecule has 10 aliphatic carbocycles. The Morgan fingerprint density at radius 1 is 0.230 bits per heavy atom. The fraction of sp³-hybridized carbons (Fsp3) is 0.106. The molecule has 6 atom stereocenters. The van der Waals surface area contributed by atoms with Gasteiger partial charge in [0, 0.05) is 22.3 Å². The summed E-state index contributed by atoms with van der Waals surface area (Å²) in [6.45, 7) is 4.47. The molecule has 0 saturated heterocycles. The molecule has 0 amide bonds. The Balaban J connectivity index is 0.933. The third-order valence-corrected chi connectivity index (χ3v) is 32.1. The summed E-state index contributed by atoms with van der Waals surface area (Å²) in [7, 11) is 0. The number of hydrogen-bond acceptors (Lipinski definition) is 6. The number of aliphatic imine (C=N–C) groups is 2. The summed E-state index contributed by atoms with van der Waals surface area (Å²) in [4.78, 5) is 49.6. The third-order valence-electron chi connectivity index (χ3n) is 32.1. The quantitative estimate of drug-likeness (QED) is 0.0777. The number of esters is 2. The lowest BCUT2D eigenvalue weighted by Gasteiger charge is -2.33. The van der Waals surface area contributed by atoms with Crippen molar-refractivity contribution in [3.8, 4) is 0 Å². The van der Waals surface area contributed by atoms with Crippen molar-refractivity contribution >= 4 is 282 Å². The summed E-state index contributed by atoms with van der Waals surface area (Å²) < 4.78 is 14.4. The van der Waals surface area contributed by atoms with Gasteiger partial charge in [0.1, 0.15) is 0 Å². The lowest BCUT2D eigenvalue weighted by Crippen LogP contribution is -2.36. The Hall–Kier alpha value is -12.1. The van der Waals surface area contributed by atoms with Crippen LogP contribution >= 0.6 is 0 Å². The zero-order chi connectivity index (χ0) is 62.3. The fourth-order valence-electron chi connectivity index (χ4n) is 31.4. The molecule has 0 heterocycles. The van der Waals surface area contributed by atoms with Crippen molar-refractivity contribution in [2.75, 3.05) is 13.2 Å². The van der Waals surface area contributed by atoms with Gasteiger partial charge in [-0.2, -0.15) is 0 Å². The molecule has 0 aromatic heterocycles. The van der Waals surface area contributed by atoms with Crippen molar-refractivity contribution in [3.63, 3.8) is 0 Å². The predicted molar refractivity (Wildman–Crippen MR) is 403 cm³/mol. The van der Waals surface area contributed by atoms with Crippen LogP contribution in [-0.4, -0.2) is 47.7 Å². The molecule has 38 rings (SSSR count). The van der Waals surface area contributed by atoms with Gasteiger partial charge in [0.25, 0.3) is 0 Å². The van der Waals surface area contributed by atoms with E-state index in [1.165, 1.54) is 303 Å². The highest BCUT2D eigenvalue weighted by atomic mass is 16.5. The number of hydrogen-bond donors (Lipinski definition) is 0. The van der Waals surface area contributed by atoms with E-state index in [2.05, 4.69) is 121 Å². The van der Waals surface area contributed by atoms with Crippen LogP contribution in [0.15, 0.2) is 131 Å². The lowest BCUT2D eigenvalue weighted by atomic mass is 9.66. The van der Waals surface area contributed by atoms with Crippen molar-refractivity contribution < 1.29 is 19.1 Å². The van der Waals surface area contributed by atoms with E-state index in [1.807, 2.05) is 13.8 Å². The summed E-state index contributed by atoms with van der Waals surface area (Å²) in [5, 5.41) is 67.9. The molecule has 2 fully saturated rings. The highest BCUT2D eigenvalue weighted by Gasteiger charge is 3.02. The van der Waals surface area contributed by atoms with Crippen LogP contribution in [0.1, 0.15) is 80.6 Å². The van der Waals surface area contributed by atoms with Crippen LogP contribution in [0, 0.1) is 0 Å². The number of nitrogens with zero attached hydrogens (tertiary/aromatic N) is 2. The Labute approximate surface area is 555 Å². The first-order valence-corrected chi connectivity index (χ1v) is 36.3. The van der Waals surface area contributed by atoms with Gasteiger partial charge in [0.2, 0.25) is 0 Å². The molecule has 0 aliphatic heterocycles. The van der Waals surface area contributed by atoms with Gasteiger partial charge in [-0.3, -0.25) is 9.98 Å². The largest absolute Gasteiger partial charge is 0.464 e. The average molecular weight is 1250 g/mol. The van der Waals surface area contributed by atoms with Gasteiger partial charge in [-0.15, -0.1) is 0 Å². The highest BCUT2D eigenvalue weighted by Crippen LogP contribution is 2.99. The number of carbonyl (C=O) groups excluding carboxylic acids is 2. The minimum Gasteiger partial charge on any atom is -0.464 e. The molecule has 28 aromatic rings. The van der Waals surface area contributed by atoms with Gasteiger partial charge in [0.05, 0.1) is 46.3 Å². The number of ether oxygens (including phenoxy) is 2. The number of benzene rings is 20. The molecule has 0 radical (unpaired) electrons. The summed E-state index contributed by atoms with van der Waals surface area (Å²) in [5.74, 6) is -0.455. The molecule has 6 heteroatoms. The van der Waals surface area contributed by atoms with Gasteiger partial charge >= 0.3 is 11.9 Å². The first kappa shape index (κ1) is 43.2. The SMILES string of the molecule is CCOC(=O)[C@@]1(N=C(c2ccccc2)c2ccccc2)C23c4c5c6c7c8c4c4c2c2c9c%10c%11c%12c(c5c5c6c6c%13c%14c%15c%16c%17c(c8c8c4c4c2c2c9c9c%11c%11c%18c%12c5c%13c%18c5c%14c%12c%16c%13c%17c8c4c4c2c2c9c%11c5c%12c2c%134)C72C6%15[C@]2(N=C(c2ccccc2)c2ccccc2)C(=O)OCC)C%1031. The van der Waals surface area contributed by atoms with Gasteiger partial charge in [-0.05, 0) is 317 Å². The molecule has 4 spiro atoms. The van der Waals surface area contributed by atoms with E-state index in [9.17, 15) is 0 Å². The number of rotatable bonds is 10. The van der Waals surface area contributed by atoms with Crippen LogP contribution in [0.2, 0.25) is 0 Å². The Morgan fingerprint density at radius 2 is 0.370 bits per heavy atom. The first-order valence-electron chi connectivity index (χ1n) is 36.3. The highest BCUT2D eigenvalue weighted by molar-refractivity contribution is 6.79. The Morgan fingerprint density at radius 3 is 0.530 bits per heavy atom. The zero-order valence-electron chi connectivity index (χ0n) is 52.5. The van der Waals surface area contributed by atoms with E-state index in [4.69, 9.17) is 19.5 Å². The lowest BCUT2D eigenvalue weighted by molar-refractivity contribution is -0.147. The zero-order valence-corrected chi connectivity index (χ0v) is 52.5. The van der Waals surface area contributed by atoms with Crippen LogP contribution in [0.4, 0.5) is 0 Å². The summed E-state index contributed by atoms with van der Waals surface area (Å²) in [5.41, 5.74) is 8.93. The summed E-state index contributed by atoms with van der Waals surface area (Å²) in [6, 6.07) is 43.3. The van der Waals surface area contributed by atoms with Crippen LogP contribution in [-0.2, 0) is 40.7 Å². The molecule has 0 bridgehead atoms. The Bertz CT molecular complexity index is 8700. The van der Waals surface area contributed by atoms with Crippen molar-refractivity contribution in [2.24, 2.45) is 9.98 Å². The van der Waals surface area contributed by atoms with E-state index < -0.39 is 32.7 Å². The molecule has 100 heavy (non-hydrogen) atoms. The molecule has 440 valence electrons. The molecular weight excluding hydrogens is 1220 g/mol. The van der Waals surface area contributed by atoms with Crippen LogP contribution in [0.25, 0.3) is 259 Å². The van der Waals surface area contributed by atoms with Crippen LogP contribution < -0.4 is 0 Å². The molecule has 4 unspecified atom stereocenters. The van der Waals surface area contributed by atoms with Crippen molar-refractivity contribution in [3.05, 3.63) is 188 Å². The normalized spacial score (nSPS) is 25.3. The molecule has 6 nitrogen and oxygen atoms in total. The van der Waals surface area contributed by atoms with Crippen LogP contribution in [0.5, 0.6) is 0 Å². The molecule has 28 aromatic carbocycles. The number of carbonyl (C=O) groups is 2. The van der Waals surface area contributed by atoms with Crippen molar-refractivity contribution in [1.29, 1.82) is 0 Å². The second-order valence-corrected chi connectivity index (χ2v) is 33.2. The molecular formula is C94H30N2O4.